The minimum Gasteiger partial charge on any atom is -0.478 e. The first-order valence-corrected chi connectivity index (χ1v) is 10.1. The maximum absolute atomic E-state index is 13.0. The van der Waals surface area contributed by atoms with E-state index in [-0.39, 0.29) is 10.5 Å². The molecule has 0 radical (unpaired) electrons. The fourth-order valence-electron chi connectivity index (χ4n) is 2.62. The number of aryl methyl sites for hydroxylation is 1. The summed E-state index contributed by atoms with van der Waals surface area (Å²) in [5.41, 5.74) is 1.86. The van der Waals surface area contributed by atoms with E-state index in [1.165, 1.54) is 16.8 Å². The summed E-state index contributed by atoms with van der Waals surface area (Å²) in [5, 5.41) is 13.4. The van der Waals surface area contributed by atoms with Crippen molar-refractivity contribution in [3.05, 3.63) is 70.0 Å². The Morgan fingerprint density at radius 1 is 1.22 bits per heavy atom. The lowest BCUT2D eigenvalue weighted by Crippen LogP contribution is -2.17. The zero-order chi connectivity index (χ0) is 19.8. The second kappa shape index (κ2) is 7.16. The number of anilines is 1. The number of carboxylic acids is 1. The minimum absolute atomic E-state index is 0.0728. The summed E-state index contributed by atoms with van der Waals surface area (Å²) in [6.45, 7) is 3.32. The van der Waals surface area contributed by atoms with Crippen molar-refractivity contribution in [1.82, 2.24) is 9.78 Å². The molecule has 2 aromatic carbocycles. The van der Waals surface area contributed by atoms with E-state index in [1.807, 2.05) is 0 Å². The minimum atomic E-state index is -4.01. The smallest absolute Gasteiger partial charge is 0.335 e. The maximum Gasteiger partial charge on any atom is 0.335 e. The van der Waals surface area contributed by atoms with Crippen molar-refractivity contribution < 1.29 is 18.3 Å². The summed E-state index contributed by atoms with van der Waals surface area (Å²) in [6.07, 6.45) is 3.29. The van der Waals surface area contributed by atoms with E-state index in [0.29, 0.717) is 22.5 Å². The Bertz CT molecular complexity index is 1140. The number of para-hydroxylation sites is 2. The number of aromatic nitrogens is 2. The van der Waals surface area contributed by atoms with E-state index in [4.69, 9.17) is 0 Å². The van der Waals surface area contributed by atoms with E-state index in [2.05, 4.69) is 25.8 Å². The number of nitrogens with one attached hydrogen (secondary N) is 1. The van der Waals surface area contributed by atoms with Gasteiger partial charge in [0.2, 0.25) is 0 Å². The monoisotopic (exact) mass is 449 g/mol. The third-order valence-corrected chi connectivity index (χ3v) is 6.00. The molecule has 0 saturated carbocycles. The van der Waals surface area contributed by atoms with Crippen molar-refractivity contribution >= 4 is 37.6 Å². The molecule has 140 valence electrons. The molecule has 0 fully saturated rings. The topological polar surface area (TPSA) is 101 Å². The molecule has 9 heteroatoms. The number of carboxylic acid groups (broad SMARTS) is 1. The molecular formula is C18H16BrN3O4S. The number of carbonyl (C=O) groups is 1. The number of hydrogen-bond donors (Lipinski definition) is 2. The van der Waals surface area contributed by atoms with Crippen LogP contribution in [-0.2, 0) is 10.0 Å². The van der Waals surface area contributed by atoms with Crippen LogP contribution in [0.4, 0.5) is 5.69 Å². The molecule has 0 unspecified atom stereocenters. The van der Waals surface area contributed by atoms with Crippen LogP contribution in [0.3, 0.4) is 0 Å². The van der Waals surface area contributed by atoms with Crippen molar-refractivity contribution in [3.8, 4) is 5.69 Å². The first-order chi connectivity index (χ1) is 12.7. The van der Waals surface area contributed by atoms with Crippen LogP contribution in [0.15, 0.2) is 58.2 Å². The maximum atomic E-state index is 13.0. The Hall–Kier alpha value is -2.65. The summed E-state index contributed by atoms with van der Waals surface area (Å²) < 4.78 is 30.8. The van der Waals surface area contributed by atoms with Crippen LogP contribution in [-0.4, -0.2) is 29.3 Å². The molecule has 3 rings (SSSR count). The van der Waals surface area contributed by atoms with E-state index >= 15 is 0 Å². The molecule has 27 heavy (non-hydrogen) atoms. The summed E-state index contributed by atoms with van der Waals surface area (Å²) in [6, 6.07) is 9.43. The number of nitrogens with zero attached hydrogens (tertiary/aromatic N) is 2. The fourth-order valence-corrected chi connectivity index (χ4v) is 4.33. The third kappa shape index (κ3) is 3.88. The molecule has 0 aliphatic heterocycles. The zero-order valence-corrected chi connectivity index (χ0v) is 16.9. The van der Waals surface area contributed by atoms with Gasteiger partial charge in [-0.15, -0.1) is 0 Å². The highest BCUT2D eigenvalue weighted by Gasteiger charge is 2.22. The highest BCUT2D eigenvalue weighted by Crippen LogP contribution is 2.27. The van der Waals surface area contributed by atoms with E-state index in [0.717, 1.165) is 4.47 Å². The Kier molecular flexibility index (Phi) is 5.07. The van der Waals surface area contributed by atoms with E-state index in [1.54, 1.807) is 50.5 Å². The molecule has 0 atom stereocenters. The second-order valence-electron chi connectivity index (χ2n) is 5.95. The lowest BCUT2D eigenvalue weighted by atomic mass is 10.1. The van der Waals surface area contributed by atoms with Gasteiger partial charge in [0.05, 0.1) is 32.5 Å². The van der Waals surface area contributed by atoms with Crippen LogP contribution in [0, 0.1) is 13.8 Å². The quantitative estimate of drug-likeness (QED) is 0.617. The molecule has 0 amide bonds. The van der Waals surface area contributed by atoms with Crippen molar-refractivity contribution in [2.75, 3.05) is 4.72 Å². The summed E-state index contributed by atoms with van der Waals surface area (Å²) in [7, 11) is -4.01. The second-order valence-corrected chi connectivity index (χ2v) is 8.51. The normalized spacial score (nSPS) is 11.4. The number of rotatable bonds is 5. The largest absolute Gasteiger partial charge is 0.478 e. The Morgan fingerprint density at radius 2 is 1.93 bits per heavy atom. The van der Waals surface area contributed by atoms with Crippen molar-refractivity contribution in [2.24, 2.45) is 0 Å². The van der Waals surface area contributed by atoms with Crippen LogP contribution in [0.1, 0.15) is 21.5 Å². The molecule has 0 aliphatic carbocycles. The third-order valence-electron chi connectivity index (χ3n) is 4.10. The van der Waals surface area contributed by atoms with Gasteiger partial charge in [0.25, 0.3) is 10.0 Å². The van der Waals surface area contributed by atoms with Gasteiger partial charge in [-0.2, -0.15) is 5.10 Å². The summed E-state index contributed by atoms with van der Waals surface area (Å²) in [5.74, 6) is -1.18. The highest BCUT2D eigenvalue weighted by molar-refractivity contribution is 9.10. The van der Waals surface area contributed by atoms with Gasteiger partial charge >= 0.3 is 5.97 Å². The van der Waals surface area contributed by atoms with Crippen molar-refractivity contribution in [2.45, 2.75) is 18.7 Å². The molecule has 7 nitrogen and oxygen atoms in total. The molecule has 0 spiro atoms. The van der Waals surface area contributed by atoms with Gasteiger partial charge in [-0.1, -0.05) is 12.1 Å². The molecule has 0 saturated heterocycles. The van der Waals surface area contributed by atoms with Gasteiger partial charge in [-0.05, 0) is 65.2 Å². The van der Waals surface area contributed by atoms with Crippen LogP contribution in [0.2, 0.25) is 0 Å². The first-order valence-electron chi connectivity index (χ1n) is 7.86. The van der Waals surface area contributed by atoms with Gasteiger partial charge < -0.3 is 5.11 Å². The lowest BCUT2D eigenvalue weighted by Gasteiger charge is -2.15. The van der Waals surface area contributed by atoms with Gasteiger partial charge in [0, 0.05) is 6.20 Å². The molecule has 1 heterocycles. The molecule has 0 aliphatic rings. The van der Waals surface area contributed by atoms with Gasteiger partial charge in [0.15, 0.2) is 0 Å². The number of hydrogen-bond acceptors (Lipinski definition) is 4. The standard InChI is InChI=1S/C18H16BrN3O4S/c1-11-7-13(18(23)24)8-17(12(11)2)27(25,26)21-15-5-3-4-6-16(15)22-10-14(19)9-20-22/h3-10,21H,1-2H3,(H,23,24). The van der Waals surface area contributed by atoms with Crippen LogP contribution in [0.5, 0.6) is 0 Å². The van der Waals surface area contributed by atoms with E-state index in [9.17, 15) is 18.3 Å². The fraction of sp³-hybridized carbons (Fsp3) is 0.111. The van der Waals surface area contributed by atoms with Gasteiger partial charge in [-0.3, -0.25) is 4.72 Å². The molecular weight excluding hydrogens is 434 g/mol. The van der Waals surface area contributed by atoms with Gasteiger partial charge in [0.1, 0.15) is 0 Å². The Balaban J connectivity index is 2.08. The first kappa shape index (κ1) is 19.1. The number of aromatic carboxylic acids is 1. The van der Waals surface area contributed by atoms with Crippen LogP contribution < -0.4 is 4.72 Å². The van der Waals surface area contributed by atoms with E-state index < -0.39 is 16.0 Å². The highest BCUT2D eigenvalue weighted by atomic mass is 79.9. The summed E-state index contributed by atoms with van der Waals surface area (Å²) >= 11 is 3.31. The van der Waals surface area contributed by atoms with Gasteiger partial charge in [-0.25, -0.2) is 17.9 Å². The molecule has 3 aromatic rings. The average Bonchev–Trinajstić information content (AvgIpc) is 3.03. The molecule has 1 aromatic heterocycles. The zero-order valence-electron chi connectivity index (χ0n) is 14.5. The van der Waals surface area contributed by atoms with Crippen molar-refractivity contribution in [1.29, 1.82) is 0 Å². The predicted molar refractivity (Wildman–Crippen MR) is 105 cm³/mol. The number of halogens is 1. The lowest BCUT2D eigenvalue weighted by molar-refractivity contribution is 0.0696. The Morgan fingerprint density at radius 3 is 2.56 bits per heavy atom. The van der Waals surface area contributed by atoms with Crippen molar-refractivity contribution in [3.63, 3.8) is 0 Å². The number of benzene rings is 2. The number of sulfonamides is 1. The molecule has 2 N–H and O–H groups in total. The van der Waals surface area contributed by atoms with Crippen LogP contribution in [0.25, 0.3) is 5.69 Å². The average molecular weight is 450 g/mol. The summed E-state index contributed by atoms with van der Waals surface area (Å²) in [4.78, 5) is 11.2. The molecule has 0 bridgehead atoms. The van der Waals surface area contributed by atoms with Crippen LogP contribution >= 0.6 is 15.9 Å². The SMILES string of the molecule is Cc1cc(C(=O)O)cc(S(=O)(=O)Nc2ccccc2-n2cc(Br)cn2)c1C. The predicted octanol–water partition coefficient (Wildman–Crippen LogP) is 3.75. The Labute approximate surface area is 164 Å².